The first-order chi connectivity index (χ1) is 8.74. The Hall–Kier alpha value is -1.53. The van der Waals surface area contributed by atoms with Gasteiger partial charge in [-0.15, -0.1) is 5.10 Å². The predicted molar refractivity (Wildman–Crippen MR) is 71.8 cm³/mol. The summed E-state index contributed by atoms with van der Waals surface area (Å²) >= 11 is 7.46. The molecule has 1 heterocycles. The van der Waals surface area contributed by atoms with E-state index in [-0.39, 0.29) is 0 Å². The number of methoxy groups -OCH3 is 2. The van der Waals surface area contributed by atoms with Crippen molar-refractivity contribution in [1.82, 2.24) is 9.59 Å². The Kier molecular flexibility index (Phi) is 4.22. The SMILES string of the molecule is COc1cc(Cl)c(NCc2csnn2)cc1OC. The highest BCUT2D eigenvalue weighted by molar-refractivity contribution is 7.03. The number of hydrogen-bond acceptors (Lipinski definition) is 6. The largest absolute Gasteiger partial charge is 0.493 e. The molecule has 0 radical (unpaired) electrons. The summed E-state index contributed by atoms with van der Waals surface area (Å²) < 4.78 is 14.2. The Morgan fingerprint density at radius 2 is 2.00 bits per heavy atom. The van der Waals surface area contributed by atoms with Gasteiger partial charge in [-0.3, -0.25) is 0 Å². The van der Waals surface area contributed by atoms with Crippen LogP contribution in [0.4, 0.5) is 5.69 Å². The van der Waals surface area contributed by atoms with E-state index in [0.717, 1.165) is 11.4 Å². The Morgan fingerprint density at radius 1 is 1.28 bits per heavy atom. The summed E-state index contributed by atoms with van der Waals surface area (Å²) in [7, 11) is 3.15. The van der Waals surface area contributed by atoms with Crippen LogP contribution in [0.5, 0.6) is 11.5 Å². The molecule has 18 heavy (non-hydrogen) atoms. The monoisotopic (exact) mass is 285 g/mol. The molecule has 2 aromatic rings. The van der Waals surface area contributed by atoms with Crippen molar-refractivity contribution in [2.45, 2.75) is 6.54 Å². The molecule has 0 saturated heterocycles. The predicted octanol–water partition coefficient (Wildman–Crippen LogP) is 2.82. The van der Waals surface area contributed by atoms with Gasteiger partial charge in [0.2, 0.25) is 0 Å². The van der Waals surface area contributed by atoms with Crippen molar-refractivity contribution in [2.24, 2.45) is 0 Å². The van der Waals surface area contributed by atoms with Crippen LogP contribution in [0, 0.1) is 0 Å². The summed E-state index contributed by atoms with van der Waals surface area (Å²) in [5.74, 6) is 1.23. The van der Waals surface area contributed by atoms with E-state index in [1.165, 1.54) is 11.5 Å². The molecule has 5 nitrogen and oxygen atoms in total. The standard InChI is InChI=1S/C11H12ClN3O2S/c1-16-10-3-8(12)9(4-11(10)17-2)13-5-7-6-18-15-14-7/h3-4,6,13H,5H2,1-2H3. The van der Waals surface area contributed by atoms with Crippen molar-refractivity contribution in [1.29, 1.82) is 0 Å². The molecular weight excluding hydrogens is 274 g/mol. The summed E-state index contributed by atoms with van der Waals surface area (Å²) in [6, 6.07) is 3.50. The van der Waals surface area contributed by atoms with Crippen LogP contribution in [0.2, 0.25) is 5.02 Å². The number of nitrogens with one attached hydrogen (secondary N) is 1. The highest BCUT2D eigenvalue weighted by atomic mass is 35.5. The number of hydrogen-bond donors (Lipinski definition) is 1. The summed E-state index contributed by atoms with van der Waals surface area (Å²) in [5.41, 5.74) is 1.63. The summed E-state index contributed by atoms with van der Waals surface area (Å²) in [6.07, 6.45) is 0. The molecule has 1 N–H and O–H groups in total. The zero-order valence-corrected chi connectivity index (χ0v) is 11.5. The van der Waals surface area contributed by atoms with E-state index in [4.69, 9.17) is 21.1 Å². The molecule has 0 unspecified atom stereocenters. The molecule has 0 aliphatic rings. The molecule has 0 amide bonds. The lowest BCUT2D eigenvalue weighted by atomic mass is 10.2. The Bertz CT molecular complexity index is 519. The second-order valence-electron chi connectivity index (χ2n) is 3.44. The van der Waals surface area contributed by atoms with Gasteiger partial charge in [-0.1, -0.05) is 16.1 Å². The van der Waals surface area contributed by atoms with Crippen LogP contribution < -0.4 is 14.8 Å². The van der Waals surface area contributed by atoms with Crippen molar-refractivity contribution in [3.8, 4) is 11.5 Å². The van der Waals surface area contributed by atoms with E-state index in [0.29, 0.717) is 23.1 Å². The second kappa shape index (κ2) is 5.88. The average molecular weight is 286 g/mol. The topological polar surface area (TPSA) is 56.3 Å². The number of benzene rings is 1. The molecule has 7 heteroatoms. The molecule has 0 fully saturated rings. The molecule has 1 aromatic heterocycles. The Morgan fingerprint density at radius 3 is 2.61 bits per heavy atom. The van der Waals surface area contributed by atoms with E-state index in [1.54, 1.807) is 26.4 Å². The van der Waals surface area contributed by atoms with Gasteiger partial charge in [0.15, 0.2) is 11.5 Å². The lowest BCUT2D eigenvalue weighted by Gasteiger charge is -2.12. The minimum Gasteiger partial charge on any atom is -0.493 e. The number of nitrogens with zero attached hydrogens (tertiary/aromatic N) is 2. The van der Waals surface area contributed by atoms with E-state index < -0.39 is 0 Å². The lowest BCUT2D eigenvalue weighted by molar-refractivity contribution is 0.355. The number of halogens is 1. The Balaban J connectivity index is 2.17. The van der Waals surface area contributed by atoms with Gasteiger partial charge in [0.05, 0.1) is 37.2 Å². The highest BCUT2D eigenvalue weighted by Gasteiger charge is 2.09. The molecule has 1 aromatic carbocycles. The van der Waals surface area contributed by atoms with Crippen LogP contribution in [-0.2, 0) is 6.54 Å². The average Bonchev–Trinajstić information content (AvgIpc) is 2.90. The van der Waals surface area contributed by atoms with Crippen molar-refractivity contribution in [3.05, 3.63) is 28.2 Å². The van der Waals surface area contributed by atoms with E-state index in [1.807, 2.05) is 5.38 Å². The van der Waals surface area contributed by atoms with Crippen molar-refractivity contribution in [3.63, 3.8) is 0 Å². The maximum absolute atomic E-state index is 6.15. The first-order valence-corrected chi connectivity index (χ1v) is 6.37. The molecule has 96 valence electrons. The minimum absolute atomic E-state index is 0.561. The van der Waals surface area contributed by atoms with Gasteiger partial charge in [0.25, 0.3) is 0 Å². The van der Waals surface area contributed by atoms with Crippen LogP contribution in [0.1, 0.15) is 5.69 Å². The maximum atomic E-state index is 6.15. The molecule has 0 atom stereocenters. The summed E-state index contributed by atoms with van der Waals surface area (Å²) in [6.45, 7) is 0.561. The number of ether oxygens (including phenoxy) is 2. The maximum Gasteiger partial charge on any atom is 0.162 e. The van der Waals surface area contributed by atoms with Gasteiger partial charge in [-0.25, -0.2) is 0 Å². The smallest absolute Gasteiger partial charge is 0.162 e. The van der Waals surface area contributed by atoms with Crippen molar-refractivity contribution >= 4 is 28.8 Å². The minimum atomic E-state index is 0.561. The lowest BCUT2D eigenvalue weighted by Crippen LogP contribution is -2.01. The normalized spacial score (nSPS) is 10.2. The van der Waals surface area contributed by atoms with Crippen LogP contribution in [0.3, 0.4) is 0 Å². The van der Waals surface area contributed by atoms with Gasteiger partial charge in [-0.05, 0) is 11.5 Å². The molecule has 0 saturated carbocycles. The zero-order valence-electron chi connectivity index (χ0n) is 9.94. The third kappa shape index (κ3) is 2.83. The first-order valence-electron chi connectivity index (χ1n) is 5.16. The third-order valence-corrected chi connectivity index (χ3v) is 3.20. The fraction of sp³-hybridized carbons (Fsp3) is 0.273. The molecule has 0 bridgehead atoms. The van der Waals surface area contributed by atoms with Crippen molar-refractivity contribution < 1.29 is 9.47 Å². The molecular formula is C11H12ClN3O2S. The Labute approximate surface area is 114 Å². The fourth-order valence-corrected chi connectivity index (χ4v) is 2.11. The fourth-order valence-electron chi connectivity index (χ4n) is 1.44. The van der Waals surface area contributed by atoms with Gasteiger partial charge < -0.3 is 14.8 Å². The van der Waals surface area contributed by atoms with Crippen LogP contribution in [0.25, 0.3) is 0 Å². The molecule has 2 rings (SSSR count). The van der Waals surface area contributed by atoms with Crippen LogP contribution in [0.15, 0.2) is 17.5 Å². The number of rotatable bonds is 5. The van der Waals surface area contributed by atoms with Gasteiger partial charge in [0.1, 0.15) is 0 Å². The molecule has 0 aliphatic carbocycles. The first kappa shape index (κ1) is 12.9. The van der Waals surface area contributed by atoms with Gasteiger partial charge in [-0.2, -0.15) is 0 Å². The van der Waals surface area contributed by atoms with E-state index in [2.05, 4.69) is 14.9 Å². The van der Waals surface area contributed by atoms with Crippen LogP contribution >= 0.6 is 23.1 Å². The molecule has 0 aliphatic heterocycles. The van der Waals surface area contributed by atoms with Gasteiger partial charge in [0, 0.05) is 17.5 Å². The quantitative estimate of drug-likeness (QED) is 0.915. The van der Waals surface area contributed by atoms with Crippen LogP contribution in [-0.4, -0.2) is 23.8 Å². The highest BCUT2D eigenvalue weighted by Crippen LogP contribution is 2.36. The van der Waals surface area contributed by atoms with E-state index >= 15 is 0 Å². The summed E-state index contributed by atoms with van der Waals surface area (Å²) in [4.78, 5) is 0. The number of anilines is 1. The zero-order chi connectivity index (χ0) is 13.0. The summed E-state index contributed by atoms with van der Waals surface area (Å²) in [5, 5.41) is 9.56. The van der Waals surface area contributed by atoms with Crippen molar-refractivity contribution in [2.75, 3.05) is 19.5 Å². The second-order valence-corrected chi connectivity index (χ2v) is 4.45. The molecule has 0 spiro atoms. The number of aromatic nitrogens is 2. The van der Waals surface area contributed by atoms with Gasteiger partial charge >= 0.3 is 0 Å². The third-order valence-electron chi connectivity index (χ3n) is 2.34. The van der Waals surface area contributed by atoms with E-state index in [9.17, 15) is 0 Å².